The molecule has 0 unspecified atom stereocenters. The van der Waals surface area contributed by atoms with Gasteiger partial charge in [-0.05, 0) is 55.4 Å². The molecule has 0 spiro atoms. The highest BCUT2D eigenvalue weighted by Crippen LogP contribution is 2.28. The third-order valence-electron chi connectivity index (χ3n) is 4.08. The van der Waals surface area contributed by atoms with Crippen LogP contribution in [0.4, 0.5) is 0 Å². The van der Waals surface area contributed by atoms with Crippen LogP contribution in [0.5, 0.6) is 5.75 Å². The molecule has 0 radical (unpaired) electrons. The molecule has 0 bridgehead atoms. The second-order valence-electron chi connectivity index (χ2n) is 5.61. The highest BCUT2D eigenvalue weighted by molar-refractivity contribution is 5.78. The number of benzene rings is 1. The number of rotatable bonds is 6. The average molecular weight is 275 g/mol. The van der Waals surface area contributed by atoms with E-state index < -0.39 is 0 Å². The van der Waals surface area contributed by atoms with Crippen LogP contribution in [0, 0.1) is 0 Å². The van der Waals surface area contributed by atoms with Crippen LogP contribution < -0.4 is 4.74 Å². The van der Waals surface area contributed by atoms with Crippen molar-refractivity contribution in [1.29, 1.82) is 0 Å². The third-order valence-corrected chi connectivity index (χ3v) is 4.08. The van der Waals surface area contributed by atoms with E-state index >= 15 is 0 Å². The second-order valence-corrected chi connectivity index (χ2v) is 5.61. The van der Waals surface area contributed by atoms with Gasteiger partial charge in [0.25, 0.3) is 5.91 Å². The predicted octanol–water partition coefficient (Wildman–Crippen LogP) is 1.54. The molecular formula is C16H21NO3. The van der Waals surface area contributed by atoms with Gasteiger partial charge < -0.3 is 14.7 Å². The lowest BCUT2D eigenvalue weighted by Gasteiger charge is -2.21. The van der Waals surface area contributed by atoms with Crippen molar-refractivity contribution in [2.75, 3.05) is 19.8 Å². The van der Waals surface area contributed by atoms with Gasteiger partial charge in [0.2, 0.25) is 0 Å². The molecule has 0 heterocycles. The first-order valence-corrected chi connectivity index (χ1v) is 7.43. The molecule has 0 aromatic heterocycles. The summed E-state index contributed by atoms with van der Waals surface area (Å²) in [6, 6.07) is 6.43. The van der Waals surface area contributed by atoms with E-state index in [4.69, 9.17) is 9.84 Å². The number of hydrogen-bond donors (Lipinski definition) is 1. The molecule has 1 saturated carbocycles. The Morgan fingerprint density at radius 2 is 2.10 bits per heavy atom. The Balaban J connectivity index is 1.57. The smallest absolute Gasteiger partial charge is 0.260 e. The van der Waals surface area contributed by atoms with Crippen molar-refractivity contribution >= 4 is 5.91 Å². The van der Waals surface area contributed by atoms with E-state index in [1.807, 2.05) is 6.07 Å². The fourth-order valence-corrected chi connectivity index (χ4v) is 2.87. The molecule has 1 amide bonds. The Labute approximate surface area is 119 Å². The Kier molecular flexibility index (Phi) is 3.92. The summed E-state index contributed by atoms with van der Waals surface area (Å²) in [4.78, 5) is 13.9. The number of amides is 1. The van der Waals surface area contributed by atoms with E-state index in [2.05, 4.69) is 12.1 Å². The quantitative estimate of drug-likeness (QED) is 0.856. The van der Waals surface area contributed by atoms with Crippen molar-refractivity contribution in [2.45, 2.75) is 38.1 Å². The number of nitrogens with zero attached hydrogens (tertiary/aromatic N) is 1. The SMILES string of the molecule is O=C(COc1ccc2c(c1)CCC2)N(CCO)C1CC1. The summed E-state index contributed by atoms with van der Waals surface area (Å²) in [5, 5.41) is 9.02. The zero-order chi connectivity index (χ0) is 13.9. The number of aliphatic hydroxyl groups is 1. The van der Waals surface area contributed by atoms with Crippen molar-refractivity contribution in [2.24, 2.45) is 0 Å². The number of aliphatic hydroxyl groups excluding tert-OH is 1. The van der Waals surface area contributed by atoms with E-state index in [1.54, 1.807) is 4.90 Å². The Bertz CT molecular complexity index is 496. The number of carbonyl (C=O) groups excluding carboxylic acids is 1. The van der Waals surface area contributed by atoms with Gasteiger partial charge in [-0.15, -0.1) is 0 Å². The van der Waals surface area contributed by atoms with Crippen LogP contribution in [-0.2, 0) is 17.6 Å². The minimum absolute atomic E-state index is 0.0150. The summed E-state index contributed by atoms with van der Waals surface area (Å²) in [6.45, 7) is 0.493. The molecule has 4 heteroatoms. The summed E-state index contributed by atoms with van der Waals surface area (Å²) in [5.41, 5.74) is 2.76. The van der Waals surface area contributed by atoms with Crippen LogP contribution >= 0.6 is 0 Å². The van der Waals surface area contributed by atoms with E-state index in [9.17, 15) is 4.79 Å². The number of carbonyl (C=O) groups is 1. The minimum Gasteiger partial charge on any atom is -0.484 e. The molecule has 20 heavy (non-hydrogen) atoms. The first kappa shape index (κ1) is 13.4. The fourth-order valence-electron chi connectivity index (χ4n) is 2.87. The second kappa shape index (κ2) is 5.83. The zero-order valence-corrected chi connectivity index (χ0v) is 11.7. The fraction of sp³-hybridized carbons (Fsp3) is 0.562. The number of hydrogen-bond acceptors (Lipinski definition) is 3. The Hall–Kier alpha value is -1.55. The molecule has 0 aliphatic heterocycles. The van der Waals surface area contributed by atoms with Gasteiger partial charge in [0, 0.05) is 12.6 Å². The molecule has 2 aliphatic rings. The van der Waals surface area contributed by atoms with Crippen molar-refractivity contribution in [3.8, 4) is 5.75 Å². The first-order valence-electron chi connectivity index (χ1n) is 7.43. The van der Waals surface area contributed by atoms with Crippen LogP contribution in [0.15, 0.2) is 18.2 Å². The Morgan fingerprint density at radius 1 is 1.30 bits per heavy atom. The lowest BCUT2D eigenvalue weighted by molar-refractivity contribution is -0.134. The number of aryl methyl sites for hydroxylation is 2. The molecule has 4 nitrogen and oxygen atoms in total. The van der Waals surface area contributed by atoms with E-state index in [0.717, 1.165) is 31.4 Å². The van der Waals surface area contributed by atoms with Gasteiger partial charge in [0.15, 0.2) is 6.61 Å². The van der Waals surface area contributed by atoms with Crippen LogP contribution in [0.25, 0.3) is 0 Å². The zero-order valence-electron chi connectivity index (χ0n) is 11.7. The van der Waals surface area contributed by atoms with Gasteiger partial charge in [-0.2, -0.15) is 0 Å². The molecule has 1 aromatic carbocycles. The molecule has 3 rings (SSSR count). The molecule has 1 N–H and O–H groups in total. The van der Waals surface area contributed by atoms with Crippen molar-refractivity contribution < 1.29 is 14.6 Å². The van der Waals surface area contributed by atoms with E-state index in [1.165, 1.54) is 17.5 Å². The minimum atomic E-state index is -0.0259. The van der Waals surface area contributed by atoms with Crippen LogP contribution in [-0.4, -0.2) is 41.7 Å². The Morgan fingerprint density at radius 3 is 2.85 bits per heavy atom. The van der Waals surface area contributed by atoms with Gasteiger partial charge in [0.1, 0.15) is 5.75 Å². The van der Waals surface area contributed by atoms with Crippen molar-refractivity contribution in [1.82, 2.24) is 4.90 Å². The van der Waals surface area contributed by atoms with E-state index in [0.29, 0.717) is 12.6 Å². The maximum absolute atomic E-state index is 12.1. The monoisotopic (exact) mass is 275 g/mol. The van der Waals surface area contributed by atoms with Gasteiger partial charge in [-0.25, -0.2) is 0 Å². The molecule has 0 atom stereocenters. The topological polar surface area (TPSA) is 49.8 Å². The van der Waals surface area contributed by atoms with Crippen LogP contribution in [0.2, 0.25) is 0 Å². The maximum atomic E-state index is 12.1. The molecule has 108 valence electrons. The summed E-state index contributed by atoms with van der Waals surface area (Å²) in [6.07, 6.45) is 5.57. The molecule has 1 aromatic rings. The van der Waals surface area contributed by atoms with Gasteiger partial charge >= 0.3 is 0 Å². The predicted molar refractivity (Wildman–Crippen MR) is 75.8 cm³/mol. The first-order chi connectivity index (χ1) is 9.78. The average Bonchev–Trinajstić information content (AvgIpc) is 3.19. The highest BCUT2D eigenvalue weighted by Gasteiger charge is 2.32. The van der Waals surface area contributed by atoms with E-state index in [-0.39, 0.29) is 19.1 Å². The summed E-state index contributed by atoms with van der Waals surface area (Å²) >= 11 is 0. The number of fused-ring (bicyclic) bond motifs is 1. The molecule has 2 aliphatic carbocycles. The van der Waals surface area contributed by atoms with Gasteiger partial charge in [-0.1, -0.05) is 6.07 Å². The lowest BCUT2D eigenvalue weighted by atomic mass is 10.1. The highest BCUT2D eigenvalue weighted by atomic mass is 16.5. The van der Waals surface area contributed by atoms with Crippen molar-refractivity contribution in [3.63, 3.8) is 0 Å². The molecule has 0 saturated heterocycles. The largest absolute Gasteiger partial charge is 0.484 e. The molecular weight excluding hydrogens is 254 g/mol. The summed E-state index contributed by atoms with van der Waals surface area (Å²) < 4.78 is 5.63. The maximum Gasteiger partial charge on any atom is 0.260 e. The summed E-state index contributed by atoms with van der Waals surface area (Å²) in [5.74, 6) is 0.751. The van der Waals surface area contributed by atoms with Gasteiger partial charge in [0.05, 0.1) is 6.61 Å². The van der Waals surface area contributed by atoms with Crippen molar-refractivity contribution in [3.05, 3.63) is 29.3 Å². The lowest BCUT2D eigenvalue weighted by Crippen LogP contribution is -2.38. The standard InChI is InChI=1S/C16H21NO3/c18-9-8-17(14-5-6-14)16(19)11-20-15-7-4-12-2-1-3-13(12)10-15/h4,7,10,14,18H,1-3,5-6,8-9,11H2. The van der Waals surface area contributed by atoms with Crippen LogP contribution in [0.3, 0.4) is 0 Å². The number of ether oxygens (including phenoxy) is 1. The summed E-state index contributed by atoms with van der Waals surface area (Å²) in [7, 11) is 0. The normalized spacial score (nSPS) is 16.9. The van der Waals surface area contributed by atoms with Crippen LogP contribution in [0.1, 0.15) is 30.4 Å². The van der Waals surface area contributed by atoms with Gasteiger partial charge in [-0.3, -0.25) is 4.79 Å². The third kappa shape index (κ3) is 2.96. The molecule has 1 fully saturated rings.